The molecule has 0 saturated carbocycles. The molecule has 0 N–H and O–H groups in total. The average Bonchev–Trinajstić information content (AvgIpc) is 3.94. The van der Waals surface area contributed by atoms with Crippen molar-refractivity contribution in [3.63, 3.8) is 0 Å². The standard InChI is InChI=1S/C62H38N6/c63-39-47-37-46(61-64-60(44-29-27-42(28-30-44)40-15-3-1-4-16-40)65-62(66-61)52-23-10-9-21-49(52)43-18-5-2-6-19-43)32-35-54(47)68-55-25-13-11-22-50(55)51-34-36-57-58(59(51)68)53-24-12-14-26-56(53)67(57)48-33-31-41-17-7-8-20-45(41)38-48/h1-38H. The Hall–Kier alpha value is -9.44. The summed E-state index contributed by atoms with van der Waals surface area (Å²) in [6.07, 6.45) is 0. The minimum atomic E-state index is 0.478. The Balaban J connectivity index is 1.02. The number of rotatable bonds is 7. The van der Waals surface area contributed by atoms with Crippen LogP contribution in [0.4, 0.5) is 0 Å². The Kier molecular flexibility index (Phi) is 9.12. The SMILES string of the molecule is N#Cc1cc(-c2nc(-c3ccc(-c4ccccc4)cc3)nc(-c3ccccc3-c3ccccc3)n2)ccc1-n1c2ccccc2c2ccc3c(c4ccccc4n3-c3ccc4ccccc4c3)c21. The van der Waals surface area contributed by atoms with Crippen molar-refractivity contribution in [1.29, 1.82) is 5.26 Å². The van der Waals surface area contributed by atoms with Crippen molar-refractivity contribution in [2.75, 3.05) is 0 Å². The molecule has 0 atom stereocenters. The summed E-state index contributed by atoms with van der Waals surface area (Å²) in [7, 11) is 0. The Morgan fingerprint density at radius 3 is 1.69 bits per heavy atom. The zero-order chi connectivity index (χ0) is 45.1. The zero-order valence-corrected chi connectivity index (χ0v) is 36.6. The molecule has 68 heavy (non-hydrogen) atoms. The van der Waals surface area contributed by atoms with Crippen molar-refractivity contribution in [3.8, 4) is 73.9 Å². The van der Waals surface area contributed by atoms with E-state index in [0.29, 0.717) is 28.6 Å². The molecule has 13 aromatic rings. The predicted octanol–water partition coefficient (Wildman–Crippen LogP) is 15.4. The number of benzene rings is 10. The van der Waals surface area contributed by atoms with Crippen molar-refractivity contribution in [3.05, 3.63) is 236 Å². The minimum Gasteiger partial charge on any atom is -0.309 e. The van der Waals surface area contributed by atoms with Crippen molar-refractivity contribution in [2.24, 2.45) is 0 Å². The molecule has 0 fully saturated rings. The lowest BCUT2D eigenvalue weighted by atomic mass is 9.99. The third-order valence-electron chi connectivity index (χ3n) is 13.2. The lowest BCUT2D eigenvalue weighted by Crippen LogP contribution is -2.03. The maximum absolute atomic E-state index is 11.2. The van der Waals surface area contributed by atoms with Crippen LogP contribution in [0.15, 0.2) is 231 Å². The van der Waals surface area contributed by atoms with E-state index >= 15 is 0 Å². The van der Waals surface area contributed by atoms with Gasteiger partial charge in [0, 0.05) is 43.9 Å². The van der Waals surface area contributed by atoms with Gasteiger partial charge in [0.2, 0.25) is 0 Å². The Morgan fingerprint density at radius 1 is 0.353 bits per heavy atom. The quantitative estimate of drug-likeness (QED) is 0.160. The van der Waals surface area contributed by atoms with Crippen LogP contribution in [0.1, 0.15) is 5.56 Å². The van der Waals surface area contributed by atoms with E-state index in [0.717, 1.165) is 88.4 Å². The molecule has 0 bridgehead atoms. The molecule has 0 unspecified atom stereocenters. The maximum atomic E-state index is 11.2. The summed E-state index contributed by atoms with van der Waals surface area (Å²) in [6.45, 7) is 0. The average molecular weight is 867 g/mol. The Labute approximate surface area is 391 Å². The number of nitriles is 1. The van der Waals surface area contributed by atoms with Gasteiger partial charge in [0.05, 0.1) is 33.3 Å². The molecule has 0 aliphatic rings. The third kappa shape index (κ3) is 6.37. The van der Waals surface area contributed by atoms with Gasteiger partial charge in [0.25, 0.3) is 0 Å². The Bertz CT molecular complexity index is 4140. The molecule has 0 radical (unpaired) electrons. The molecular weight excluding hydrogens is 829 g/mol. The molecule has 0 amide bonds. The summed E-state index contributed by atoms with van der Waals surface area (Å²) in [5, 5.41) is 18.1. The highest BCUT2D eigenvalue weighted by molar-refractivity contribution is 6.26. The first-order valence-electron chi connectivity index (χ1n) is 22.7. The van der Waals surface area contributed by atoms with Crippen molar-refractivity contribution < 1.29 is 0 Å². The van der Waals surface area contributed by atoms with Crippen molar-refractivity contribution >= 4 is 54.4 Å². The molecule has 0 aliphatic heterocycles. The molecule has 3 aromatic heterocycles. The fourth-order valence-electron chi connectivity index (χ4n) is 10.1. The van der Waals surface area contributed by atoms with Crippen LogP contribution in [0.3, 0.4) is 0 Å². The van der Waals surface area contributed by atoms with Crippen LogP contribution in [0.2, 0.25) is 0 Å². The predicted molar refractivity (Wildman–Crippen MR) is 278 cm³/mol. The first-order chi connectivity index (χ1) is 33.7. The zero-order valence-electron chi connectivity index (χ0n) is 36.6. The van der Waals surface area contributed by atoms with E-state index in [4.69, 9.17) is 15.0 Å². The fraction of sp³-hybridized carbons (Fsp3) is 0. The number of hydrogen-bond donors (Lipinski definition) is 0. The summed E-state index contributed by atoms with van der Waals surface area (Å²) in [6, 6.07) is 82.6. The molecule has 316 valence electrons. The van der Waals surface area contributed by atoms with Gasteiger partial charge in [-0.05, 0) is 81.6 Å². The summed E-state index contributed by atoms with van der Waals surface area (Å²) in [5.74, 6) is 1.57. The number of para-hydroxylation sites is 2. The van der Waals surface area contributed by atoms with Gasteiger partial charge in [0.1, 0.15) is 6.07 Å². The van der Waals surface area contributed by atoms with Crippen LogP contribution in [-0.4, -0.2) is 24.1 Å². The second-order valence-electron chi connectivity index (χ2n) is 17.1. The van der Waals surface area contributed by atoms with Gasteiger partial charge in [0.15, 0.2) is 17.5 Å². The molecule has 10 aromatic carbocycles. The number of fused-ring (bicyclic) bond motifs is 8. The van der Waals surface area contributed by atoms with Gasteiger partial charge in [-0.1, -0.05) is 182 Å². The van der Waals surface area contributed by atoms with E-state index in [-0.39, 0.29) is 0 Å². The lowest BCUT2D eigenvalue weighted by molar-refractivity contribution is 1.07. The molecular formula is C62H38N6. The monoisotopic (exact) mass is 866 g/mol. The van der Waals surface area contributed by atoms with Crippen molar-refractivity contribution in [2.45, 2.75) is 0 Å². The largest absolute Gasteiger partial charge is 0.309 e. The molecule has 0 spiro atoms. The highest BCUT2D eigenvalue weighted by Crippen LogP contribution is 2.43. The fourth-order valence-corrected chi connectivity index (χ4v) is 10.1. The summed E-state index contributed by atoms with van der Waals surface area (Å²) in [4.78, 5) is 15.5. The Morgan fingerprint density at radius 2 is 0.926 bits per heavy atom. The van der Waals surface area contributed by atoms with E-state index in [2.05, 4.69) is 185 Å². The topological polar surface area (TPSA) is 72.3 Å². The maximum Gasteiger partial charge on any atom is 0.164 e. The van der Waals surface area contributed by atoms with Crippen LogP contribution in [0.25, 0.3) is 122 Å². The molecule has 0 aliphatic carbocycles. The third-order valence-corrected chi connectivity index (χ3v) is 13.2. The van der Waals surface area contributed by atoms with E-state index in [9.17, 15) is 5.26 Å². The van der Waals surface area contributed by atoms with E-state index in [1.54, 1.807) is 0 Å². The molecule has 0 saturated heterocycles. The first kappa shape index (κ1) is 39.0. The highest BCUT2D eigenvalue weighted by Gasteiger charge is 2.23. The van der Waals surface area contributed by atoms with Gasteiger partial charge in [-0.25, -0.2) is 15.0 Å². The van der Waals surface area contributed by atoms with Crippen LogP contribution in [-0.2, 0) is 0 Å². The smallest absolute Gasteiger partial charge is 0.164 e. The van der Waals surface area contributed by atoms with E-state index < -0.39 is 0 Å². The molecule has 13 rings (SSSR count). The number of nitrogens with zero attached hydrogens (tertiary/aromatic N) is 6. The lowest BCUT2D eigenvalue weighted by Gasteiger charge is -2.14. The second kappa shape index (κ2) is 15.9. The van der Waals surface area contributed by atoms with Gasteiger partial charge >= 0.3 is 0 Å². The number of hydrogen-bond acceptors (Lipinski definition) is 4. The first-order valence-corrected chi connectivity index (χ1v) is 22.7. The van der Waals surface area contributed by atoms with Crippen LogP contribution < -0.4 is 0 Å². The van der Waals surface area contributed by atoms with Gasteiger partial charge in [-0.3, -0.25) is 0 Å². The normalized spacial score (nSPS) is 11.5. The molecule has 3 heterocycles. The summed E-state index contributed by atoms with van der Waals surface area (Å²) < 4.78 is 4.65. The molecule has 6 heteroatoms. The number of aromatic nitrogens is 5. The van der Waals surface area contributed by atoms with Gasteiger partial charge in [-0.15, -0.1) is 0 Å². The van der Waals surface area contributed by atoms with E-state index in [1.807, 2.05) is 60.7 Å². The highest BCUT2D eigenvalue weighted by atomic mass is 15.0. The van der Waals surface area contributed by atoms with Crippen LogP contribution in [0.5, 0.6) is 0 Å². The van der Waals surface area contributed by atoms with Gasteiger partial charge in [-0.2, -0.15) is 5.26 Å². The van der Waals surface area contributed by atoms with Crippen LogP contribution in [0, 0.1) is 11.3 Å². The van der Waals surface area contributed by atoms with E-state index in [1.165, 1.54) is 10.8 Å². The van der Waals surface area contributed by atoms with Crippen molar-refractivity contribution in [1.82, 2.24) is 24.1 Å². The summed E-state index contributed by atoms with van der Waals surface area (Å²) in [5.41, 5.74) is 13.4. The summed E-state index contributed by atoms with van der Waals surface area (Å²) >= 11 is 0. The van der Waals surface area contributed by atoms with Gasteiger partial charge < -0.3 is 9.13 Å². The minimum absolute atomic E-state index is 0.478. The molecule has 6 nitrogen and oxygen atoms in total. The van der Waals surface area contributed by atoms with Crippen LogP contribution >= 0.6 is 0 Å². The second-order valence-corrected chi connectivity index (χ2v) is 17.1.